The molecule has 31 heavy (non-hydrogen) atoms. The number of thioether (sulfide) groups is 1. The van der Waals surface area contributed by atoms with Crippen LogP contribution in [0, 0.1) is 6.92 Å². The Balaban J connectivity index is 1.56. The topological polar surface area (TPSA) is 86.1 Å². The number of hydrogen-bond acceptors (Lipinski definition) is 6. The van der Waals surface area contributed by atoms with E-state index >= 15 is 0 Å². The number of nitrogens with one attached hydrogen (secondary N) is 1. The van der Waals surface area contributed by atoms with Gasteiger partial charge in [0.1, 0.15) is 11.6 Å². The summed E-state index contributed by atoms with van der Waals surface area (Å²) in [4.78, 5) is 24.8. The monoisotopic (exact) mass is 438 g/mol. The van der Waals surface area contributed by atoms with Gasteiger partial charge < -0.3 is 14.6 Å². The van der Waals surface area contributed by atoms with E-state index in [4.69, 9.17) is 4.74 Å². The quantitative estimate of drug-likeness (QED) is 0.378. The molecule has 2 aromatic carbocycles. The molecule has 0 aliphatic carbocycles. The highest BCUT2D eigenvalue weighted by Gasteiger charge is 2.15. The molecule has 0 unspecified atom stereocenters. The summed E-state index contributed by atoms with van der Waals surface area (Å²) in [5, 5.41) is 12.1. The van der Waals surface area contributed by atoms with Crippen molar-refractivity contribution in [2.45, 2.75) is 38.4 Å². The maximum absolute atomic E-state index is 12.5. The van der Waals surface area contributed by atoms with Crippen molar-refractivity contribution in [3.63, 3.8) is 0 Å². The molecule has 162 valence electrons. The number of nitrogens with zero attached hydrogens (tertiary/aromatic N) is 3. The van der Waals surface area contributed by atoms with E-state index in [1.54, 1.807) is 31.4 Å². The van der Waals surface area contributed by atoms with Gasteiger partial charge in [0.05, 0.1) is 12.9 Å². The smallest absolute Gasteiger partial charge is 0.224 e. The van der Waals surface area contributed by atoms with Crippen LogP contribution in [0.15, 0.2) is 53.7 Å². The summed E-state index contributed by atoms with van der Waals surface area (Å²) in [5.74, 6) is 1.66. The fraction of sp³-hybridized carbons (Fsp3) is 0.304. The van der Waals surface area contributed by atoms with E-state index in [9.17, 15) is 9.59 Å². The van der Waals surface area contributed by atoms with E-state index in [1.165, 1.54) is 11.8 Å². The van der Waals surface area contributed by atoms with E-state index in [0.717, 1.165) is 17.1 Å². The van der Waals surface area contributed by atoms with E-state index in [2.05, 4.69) is 15.5 Å². The molecule has 1 heterocycles. The number of ketones is 1. The summed E-state index contributed by atoms with van der Waals surface area (Å²) >= 11 is 1.35. The van der Waals surface area contributed by atoms with E-state index in [1.807, 2.05) is 42.7 Å². The molecule has 0 saturated heterocycles. The number of anilines is 1. The molecule has 0 atom stereocenters. The van der Waals surface area contributed by atoms with Crippen molar-refractivity contribution in [3.8, 4) is 5.75 Å². The Hall–Kier alpha value is -3.13. The fourth-order valence-corrected chi connectivity index (χ4v) is 3.99. The number of para-hydroxylation sites is 1. The summed E-state index contributed by atoms with van der Waals surface area (Å²) in [6.45, 7) is 4.62. The Morgan fingerprint density at radius 2 is 1.84 bits per heavy atom. The van der Waals surface area contributed by atoms with Gasteiger partial charge in [0.15, 0.2) is 10.9 Å². The van der Waals surface area contributed by atoms with Crippen molar-refractivity contribution in [1.82, 2.24) is 14.8 Å². The molecular weight excluding hydrogens is 412 g/mol. The van der Waals surface area contributed by atoms with Crippen LogP contribution in [-0.4, -0.2) is 39.3 Å². The van der Waals surface area contributed by atoms with Crippen LogP contribution in [0.25, 0.3) is 0 Å². The molecule has 0 saturated carbocycles. The highest BCUT2D eigenvalue weighted by Crippen LogP contribution is 2.21. The molecule has 3 rings (SSSR count). The predicted octanol–water partition coefficient (Wildman–Crippen LogP) is 4.16. The van der Waals surface area contributed by atoms with Gasteiger partial charge in [-0.3, -0.25) is 9.59 Å². The summed E-state index contributed by atoms with van der Waals surface area (Å²) in [7, 11) is 1.59. The summed E-state index contributed by atoms with van der Waals surface area (Å²) in [5.41, 5.74) is 2.47. The summed E-state index contributed by atoms with van der Waals surface area (Å²) in [6, 6.07) is 14.7. The van der Waals surface area contributed by atoms with Crippen LogP contribution in [0.3, 0.4) is 0 Å². The van der Waals surface area contributed by atoms with Crippen LogP contribution >= 0.6 is 11.8 Å². The maximum atomic E-state index is 12.5. The average molecular weight is 439 g/mol. The number of hydrogen-bond donors (Lipinski definition) is 1. The minimum absolute atomic E-state index is 0.0115. The first kappa shape index (κ1) is 22.6. The van der Waals surface area contributed by atoms with Crippen LogP contribution in [0.4, 0.5) is 5.69 Å². The lowest BCUT2D eigenvalue weighted by atomic mass is 10.1. The van der Waals surface area contributed by atoms with Gasteiger partial charge in [0, 0.05) is 30.6 Å². The summed E-state index contributed by atoms with van der Waals surface area (Å²) in [6.07, 6.45) is 0.785. The number of benzene rings is 2. The second-order valence-electron chi connectivity index (χ2n) is 6.95. The SMILES string of the molecule is CCn1c(CCC(=O)Nc2ccccc2C)nnc1SCC(=O)c1ccc(OC)cc1. The van der Waals surface area contributed by atoms with Gasteiger partial charge in [-0.15, -0.1) is 10.2 Å². The normalized spacial score (nSPS) is 10.7. The third-order valence-corrected chi connectivity index (χ3v) is 5.82. The first-order valence-electron chi connectivity index (χ1n) is 10.1. The van der Waals surface area contributed by atoms with Gasteiger partial charge in [-0.25, -0.2) is 0 Å². The number of rotatable bonds is 10. The third-order valence-electron chi connectivity index (χ3n) is 4.85. The number of ether oxygens (including phenoxy) is 1. The number of amides is 1. The first-order chi connectivity index (χ1) is 15.0. The second-order valence-corrected chi connectivity index (χ2v) is 7.89. The van der Waals surface area contributed by atoms with Crippen molar-refractivity contribution in [1.29, 1.82) is 0 Å². The second kappa shape index (κ2) is 10.8. The van der Waals surface area contributed by atoms with Gasteiger partial charge in [-0.1, -0.05) is 30.0 Å². The van der Waals surface area contributed by atoms with Gasteiger partial charge in [-0.2, -0.15) is 0 Å². The van der Waals surface area contributed by atoms with Crippen LogP contribution < -0.4 is 10.1 Å². The van der Waals surface area contributed by atoms with Crippen molar-refractivity contribution < 1.29 is 14.3 Å². The van der Waals surface area contributed by atoms with Gasteiger partial charge in [0.2, 0.25) is 5.91 Å². The zero-order chi connectivity index (χ0) is 22.2. The number of methoxy groups -OCH3 is 1. The number of carbonyl (C=O) groups is 2. The highest BCUT2D eigenvalue weighted by molar-refractivity contribution is 7.99. The maximum Gasteiger partial charge on any atom is 0.224 e. The molecule has 0 aliphatic rings. The van der Waals surface area contributed by atoms with E-state index in [-0.39, 0.29) is 17.4 Å². The number of aromatic nitrogens is 3. The van der Waals surface area contributed by atoms with Crippen LogP contribution in [0.5, 0.6) is 5.75 Å². The molecule has 1 amide bonds. The highest BCUT2D eigenvalue weighted by atomic mass is 32.2. The summed E-state index contributed by atoms with van der Waals surface area (Å²) < 4.78 is 7.07. The lowest BCUT2D eigenvalue weighted by molar-refractivity contribution is -0.116. The predicted molar refractivity (Wildman–Crippen MR) is 122 cm³/mol. The van der Waals surface area contributed by atoms with Crippen molar-refractivity contribution in [2.24, 2.45) is 0 Å². The van der Waals surface area contributed by atoms with Gasteiger partial charge in [-0.05, 0) is 49.7 Å². The van der Waals surface area contributed by atoms with Crippen LogP contribution in [0.2, 0.25) is 0 Å². The molecule has 3 aromatic rings. The Morgan fingerprint density at radius 1 is 1.10 bits per heavy atom. The number of aryl methyl sites for hydroxylation is 2. The Bertz CT molecular complexity index is 1050. The molecule has 1 N–H and O–H groups in total. The minimum atomic E-state index is -0.0659. The zero-order valence-corrected chi connectivity index (χ0v) is 18.7. The average Bonchev–Trinajstić information content (AvgIpc) is 3.19. The van der Waals surface area contributed by atoms with E-state index in [0.29, 0.717) is 35.9 Å². The van der Waals surface area contributed by atoms with Gasteiger partial charge in [0.25, 0.3) is 0 Å². The molecule has 8 heteroatoms. The molecular formula is C23H26N4O3S. The van der Waals surface area contributed by atoms with Crippen molar-refractivity contribution in [3.05, 3.63) is 65.5 Å². The first-order valence-corrected chi connectivity index (χ1v) is 11.1. The Kier molecular flexibility index (Phi) is 7.83. The number of carbonyl (C=O) groups excluding carboxylic acids is 2. The standard InChI is InChI=1S/C23H26N4O3S/c1-4-27-21(13-14-22(29)24-19-8-6-5-7-16(19)2)25-26-23(27)31-15-20(28)17-9-11-18(30-3)12-10-17/h5-12H,4,13-15H2,1-3H3,(H,24,29). The molecule has 7 nitrogen and oxygen atoms in total. The lowest BCUT2D eigenvalue weighted by Gasteiger charge is -2.09. The van der Waals surface area contributed by atoms with E-state index < -0.39 is 0 Å². The number of Topliss-reactive ketones (excluding diaryl/α,β-unsaturated/α-hetero) is 1. The zero-order valence-electron chi connectivity index (χ0n) is 17.9. The Morgan fingerprint density at radius 3 is 2.52 bits per heavy atom. The minimum Gasteiger partial charge on any atom is -0.497 e. The molecule has 0 fully saturated rings. The van der Waals surface area contributed by atoms with Gasteiger partial charge >= 0.3 is 0 Å². The molecule has 0 spiro atoms. The van der Waals surface area contributed by atoms with Crippen molar-refractivity contribution in [2.75, 3.05) is 18.2 Å². The fourth-order valence-electron chi connectivity index (χ4n) is 3.07. The molecule has 0 radical (unpaired) electrons. The third kappa shape index (κ3) is 5.95. The molecule has 0 bridgehead atoms. The lowest BCUT2D eigenvalue weighted by Crippen LogP contribution is -2.15. The largest absolute Gasteiger partial charge is 0.497 e. The van der Waals surface area contributed by atoms with Crippen molar-refractivity contribution >= 4 is 29.1 Å². The van der Waals surface area contributed by atoms with Crippen LogP contribution in [0.1, 0.15) is 35.1 Å². The molecule has 1 aromatic heterocycles. The molecule has 0 aliphatic heterocycles. The Labute approximate surface area is 186 Å². The van der Waals surface area contributed by atoms with Crippen LogP contribution in [-0.2, 0) is 17.8 Å².